The van der Waals surface area contributed by atoms with Gasteiger partial charge in [-0.15, -0.1) is 0 Å². The second kappa shape index (κ2) is 6.81. The van der Waals surface area contributed by atoms with E-state index in [1.165, 1.54) is 0 Å². The molecule has 1 N–H and O–H groups in total. The fourth-order valence-corrected chi connectivity index (χ4v) is 1.31. The predicted octanol–water partition coefficient (Wildman–Crippen LogP) is 3.34. The lowest BCUT2D eigenvalue weighted by Gasteiger charge is -2.19. The Bertz CT molecular complexity index is 366. The van der Waals surface area contributed by atoms with Gasteiger partial charge in [-0.1, -0.05) is 30.3 Å². The minimum absolute atomic E-state index is 0.0680. The van der Waals surface area contributed by atoms with Crippen LogP contribution in [0, 0.1) is 0 Å². The fraction of sp³-hybridized carbons (Fsp3) is 0.500. The summed E-state index contributed by atoms with van der Waals surface area (Å²) in [7, 11) is 0. The highest BCUT2D eigenvalue weighted by atomic mass is 19.4. The van der Waals surface area contributed by atoms with Gasteiger partial charge in [0.2, 0.25) is 0 Å². The van der Waals surface area contributed by atoms with E-state index >= 15 is 0 Å². The van der Waals surface area contributed by atoms with Crippen molar-refractivity contribution in [3.63, 3.8) is 0 Å². The summed E-state index contributed by atoms with van der Waals surface area (Å²) in [5.74, 6) is 0. The van der Waals surface area contributed by atoms with Crippen molar-refractivity contribution in [1.29, 1.82) is 0 Å². The summed E-state index contributed by atoms with van der Waals surface area (Å²) in [6, 6.07) is 9.31. The van der Waals surface area contributed by atoms with Crippen molar-refractivity contribution in [3.8, 4) is 0 Å². The van der Waals surface area contributed by atoms with Gasteiger partial charge in [0.15, 0.2) is 0 Å². The maximum Gasteiger partial charge on any atom is 0.482 e. The molecular formula is C12H14F5NO. The molecule has 1 aromatic carbocycles. The molecule has 0 radical (unpaired) electrons. The molecule has 0 aliphatic rings. The molecule has 0 aliphatic heterocycles. The molecule has 7 heteroatoms. The first kappa shape index (κ1) is 15.8. The van der Waals surface area contributed by atoms with E-state index in [4.69, 9.17) is 0 Å². The van der Waals surface area contributed by atoms with Crippen LogP contribution in [-0.2, 0) is 11.3 Å². The van der Waals surface area contributed by atoms with E-state index in [-0.39, 0.29) is 6.42 Å². The van der Waals surface area contributed by atoms with Gasteiger partial charge in [0, 0.05) is 6.54 Å². The van der Waals surface area contributed by atoms with E-state index in [1.807, 2.05) is 30.3 Å². The minimum Gasteiger partial charge on any atom is -0.313 e. The zero-order valence-corrected chi connectivity index (χ0v) is 10.0. The van der Waals surface area contributed by atoms with Crippen LogP contribution in [0.3, 0.4) is 0 Å². The number of alkyl halides is 5. The average Bonchev–Trinajstić information content (AvgIpc) is 2.33. The monoisotopic (exact) mass is 283 g/mol. The topological polar surface area (TPSA) is 21.3 Å². The molecule has 0 saturated heterocycles. The third-order valence-corrected chi connectivity index (χ3v) is 2.28. The summed E-state index contributed by atoms with van der Waals surface area (Å²) in [6.45, 7) is 0.160. The fourth-order valence-electron chi connectivity index (χ4n) is 1.31. The van der Waals surface area contributed by atoms with Gasteiger partial charge in [0.1, 0.15) is 0 Å². The Labute approximate surface area is 107 Å². The summed E-state index contributed by atoms with van der Waals surface area (Å²) >= 11 is 0. The quantitative estimate of drug-likeness (QED) is 0.612. The van der Waals surface area contributed by atoms with Gasteiger partial charge in [0.25, 0.3) is 0 Å². The largest absolute Gasteiger partial charge is 0.482 e. The van der Waals surface area contributed by atoms with Gasteiger partial charge in [-0.25, -0.2) is 0 Å². The van der Waals surface area contributed by atoms with Crippen molar-refractivity contribution >= 4 is 0 Å². The van der Waals surface area contributed by atoms with Crippen LogP contribution in [-0.4, -0.2) is 25.4 Å². The molecule has 0 aromatic heterocycles. The number of nitrogens with one attached hydrogen (secondary N) is 1. The molecule has 0 aliphatic carbocycles. The smallest absolute Gasteiger partial charge is 0.313 e. The lowest BCUT2D eigenvalue weighted by Crippen LogP contribution is -2.39. The molecule has 108 valence electrons. The minimum atomic E-state index is -5.66. The molecule has 0 saturated carbocycles. The molecule has 0 amide bonds. The van der Waals surface area contributed by atoms with Crippen molar-refractivity contribution in [2.75, 3.05) is 13.2 Å². The van der Waals surface area contributed by atoms with Crippen LogP contribution >= 0.6 is 0 Å². The van der Waals surface area contributed by atoms with E-state index in [2.05, 4.69) is 10.1 Å². The van der Waals surface area contributed by atoms with Crippen molar-refractivity contribution in [3.05, 3.63) is 35.9 Å². The zero-order chi connectivity index (χ0) is 14.4. The highest BCUT2D eigenvalue weighted by Gasteiger charge is 2.59. The molecule has 1 rings (SSSR count). The molecule has 0 bridgehead atoms. The SMILES string of the molecule is FC(F)(F)C(F)(F)OCCCNCc1ccccc1. The van der Waals surface area contributed by atoms with Crippen LogP contribution in [0.1, 0.15) is 12.0 Å². The van der Waals surface area contributed by atoms with E-state index in [9.17, 15) is 22.0 Å². The van der Waals surface area contributed by atoms with Crippen molar-refractivity contribution < 1.29 is 26.7 Å². The van der Waals surface area contributed by atoms with Gasteiger partial charge in [0.05, 0.1) is 6.61 Å². The number of rotatable bonds is 7. The van der Waals surface area contributed by atoms with E-state index < -0.39 is 18.9 Å². The molecule has 0 spiro atoms. The van der Waals surface area contributed by atoms with E-state index in [0.717, 1.165) is 5.56 Å². The Balaban J connectivity index is 2.12. The standard InChI is InChI=1S/C12H14F5NO/c13-11(14,15)12(16,17)19-8-4-7-18-9-10-5-2-1-3-6-10/h1-3,5-6,18H,4,7-9H2. The Morgan fingerprint density at radius 1 is 1.00 bits per heavy atom. The highest BCUT2D eigenvalue weighted by molar-refractivity contribution is 5.14. The van der Waals surface area contributed by atoms with Crippen LogP contribution in [0.4, 0.5) is 22.0 Å². The number of hydrogen-bond acceptors (Lipinski definition) is 2. The first-order valence-electron chi connectivity index (χ1n) is 5.66. The second-order valence-electron chi connectivity index (χ2n) is 3.88. The molecular weight excluding hydrogens is 269 g/mol. The summed E-state index contributed by atoms with van der Waals surface area (Å²) < 4.78 is 63.4. The molecule has 0 fully saturated rings. The van der Waals surface area contributed by atoms with E-state index in [1.54, 1.807) is 0 Å². The first-order chi connectivity index (χ1) is 8.83. The van der Waals surface area contributed by atoms with Crippen molar-refractivity contribution in [1.82, 2.24) is 5.32 Å². The molecule has 1 aromatic rings. The third-order valence-electron chi connectivity index (χ3n) is 2.28. The predicted molar refractivity (Wildman–Crippen MR) is 59.7 cm³/mol. The summed E-state index contributed by atoms with van der Waals surface area (Å²) in [6.07, 6.45) is -10.7. The van der Waals surface area contributed by atoms with Crippen molar-refractivity contribution in [2.24, 2.45) is 0 Å². The Morgan fingerprint density at radius 2 is 1.63 bits per heavy atom. The van der Waals surface area contributed by atoms with E-state index in [0.29, 0.717) is 13.1 Å². The average molecular weight is 283 g/mol. The lowest BCUT2D eigenvalue weighted by molar-refractivity contribution is -0.391. The van der Waals surface area contributed by atoms with Crippen LogP contribution in [0.25, 0.3) is 0 Å². The van der Waals surface area contributed by atoms with Gasteiger partial charge < -0.3 is 10.1 Å². The molecule has 0 atom stereocenters. The summed E-state index contributed by atoms with van der Waals surface area (Å²) in [5, 5.41) is 2.92. The maximum atomic E-state index is 12.3. The summed E-state index contributed by atoms with van der Waals surface area (Å²) in [4.78, 5) is 0. The highest BCUT2D eigenvalue weighted by Crippen LogP contribution is 2.36. The van der Waals surface area contributed by atoms with Crippen LogP contribution in [0.15, 0.2) is 30.3 Å². The van der Waals surface area contributed by atoms with Crippen LogP contribution in [0.2, 0.25) is 0 Å². The van der Waals surface area contributed by atoms with Crippen LogP contribution in [0.5, 0.6) is 0 Å². The zero-order valence-electron chi connectivity index (χ0n) is 10.0. The van der Waals surface area contributed by atoms with Gasteiger partial charge in [-0.2, -0.15) is 22.0 Å². The Hall–Kier alpha value is -1.21. The Morgan fingerprint density at radius 3 is 2.21 bits per heavy atom. The third kappa shape index (κ3) is 5.52. The normalized spacial score (nSPS) is 12.7. The van der Waals surface area contributed by atoms with Gasteiger partial charge >= 0.3 is 12.3 Å². The molecule has 2 nitrogen and oxygen atoms in total. The number of ether oxygens (including phenoxy) is 1. The van der Waals surface area contributed by atoms with Crippen molar-refractivity contribution in [2.45, 2.75) is 25.3 Å². The van der Waals surface area contributed by atoms with Gasteiger partial charge in [-0.3, -0.25) is 0 Å². The Kier molecular flexibility index (Phi) is 5.68. The van der Waals surface area contributed by atoms with Gasteiger partial charge in [-0.05, 0) is 18.5 Å². The molecule has 19 heavy (non-hydrogen) atoms. The number of benzene rings is 1. The molecule has 0 heterocycles. The number of halogens is 5. The molecule has 0 unspecified atom stereocenters. The lowest BCUT2D eigenvalue weighted by atomic mass is 10.2. The second-order valence-corrected chi connectivity index (χ2v) is 3.88. The number of hydrogen-bond donors (Lipinski definition) is 1. The van der Waals surface area contributed by atoms with Crippen LogP contribution < -0.4 is 5.32 Å². The first-order valence-corrected chi connectivity index (χ1v) is 5.66. The maximum absolute atomic E-state index is 12.3. The summed E-state index contributed by atoms with van der Waals surface area (Å²) in [5.41, 5.74) is 1.00.